The van der Waals surface area contributed by atoms with Gasteiger partial charge in [-0.05, 0) is 50.4 Å². The van der Waals surface area contributed by atoms with E-state index in [1.807, 2.05) is 0 Å². The molecule has 0 aliphatic carbocycles. The van der Waals surface area contributed by atoms with Crippen LogP contribution in [0.1, 0.15) is 49.9 Å². The Bertz CT molecular complexity index is 818. The predicted molar refractivity (Wildman–Crippen MR) is 112 cm³/mol. The normalized spacial score (nSPS) is 18.8. The van der Waals surface area contributed by atoms with Gasteiger partial charge in [-0.1, -0.05) is 24.6 Å². The third-order valence-corrected chi connectivity index (χ3v) is 6.31. The van der Waals surface area contributed by atoms with Gasteiger partial charge in [0.15, 0.2) is 6.67 Å². The monoisotopic (exact) mass is 386 g/mol. The van der Waals surface area contributed by atoms with Crippen molar-refractivity contribution < 1.29 is 4.90 Å². The van der Waals surface area contributed by atoms with E-state index in [0.717, 1.165) is 31.0 Å². The molecule has 2 aliphatic heterocycles. The maximum absolute atomic E-state index is 5.73. The van der Waals surface area contributed by atoms with Gasteiger partial charge in [0, 0.05) is 37.3 Å². The molecule has 4 rings (SSSR count). The Labute approximate surface area is 167 Å². The Morgan fingerprint density at radius 3 is 2.59 bits per heavy atom. The first-order valence-corrected chi connectivity index (χ1v) is 10.9. The molecule has 0 spiro atoms. The average molecular weight is 387 g/mol. The number of rotatable bonds is 5. The van der Waals surface area contributed by atoms with Gasteiger partial charge < -0.3 is 14.4 Å². The molecule has 1 atom stereocenters. The highest BCUT2D eigenvalue weighted by Gasteiger charge is 2.18. The number of fused-ring (bicyclic) bond motifs is 1. The number of para-hydroxylation sites is 1. The Morgan fingerprint density at radius 2 is 1.74 bits per heavy atom. The van der Waals surface area contributed by atoms with E-state index in [0.29, 0.717) is 0 Å². The number of anilines is 1. The van der Waals surface area contributed by atoms with Crippen LogP contribution in [0, 0.1) is 4.77 Å². The van der Waals surface area contributed by atoms with Crippen molar-refractivity contribution >= 4 is 17.9 Å². The summed E-state index contributed by atoms with van der Waals surface area (Å²) < 4.78 is 5.21. The van der Waals surface area contributed by atoms with E-state index >= 15 is 0 Å². The molecule has 2 aromatic rings. The van der Waals surface area contributed by atoms with Gasteiger partial charge in [-0.15, -0.1) is 0 Å². The molecule has 1 N–H and O–H groups in total. The lowest BCUT2D eigenvalue weighted by Crippen LogP contribution is -3.07. The molecule has 1 unspecified atom stereocenters. The second kappa shape index (κ2) is 8.57. The molecule has 5 nitrogen and oxygen atoms in total. The van der Waals surface area contributed by atoms with Gasteiger partial charge in [0.1, 0.15) is 12.4 Å². The molecule has 1 aromatic carbocycles. The number of hydrogen-bond donors (Lipinski definition) is 1. The third-order valence-electron chi connectivity index (χ3n) is 5.88. The van der Waals surface area contributed by atoms with E-state index in [1.165, 1.54) is 73.6 Å². The number of aromatic nitrogens is 3. The van der Waals surface area contributed by atoms with Gasteiger partial charge in [-0.2, -0.15) is 9.78 Å². The summed E-state index contributed by atoms with van der Waals surface area (Å²) in [5.41, 5.74) is 2.85. The molecule has 1 fully saturated rings. The number of hydrogen-bond acceptors (Lipinski definition) is 3. The van der Waals surface area contributed by atoms with Gasteiger partial charge in [0.2, 0.25) is 4.77 Å². The van der Waals surface area contributed by atoms with Crippen molar-refractivity contribution in [3.05, 3.63) is 40.4 Å². The Balaban J connectivity index is 1.47. The second-order valence-electron chi connectivity index (χ2n) is 8.13. The van der Waals surface area contributed by atoms with Crippen LogP contribution in [0.4, 0.5) is 5.69 Å². The molecule has 0 amide bonds. The maximum Gasteiger partial charge on any atom is 0.202 e. The molecular formula is C21H32N5S+. The zero-order valence-electron chi connectivity index (χ0n) is 16.5. The number of nitrogens with zero attached hydrogens (tertiary/aromatic N) is 4. The topological polar surface area (TPSA) is 30.4 Å². The highest BCUT2D eigenvalue weighted by molar-refractivity contribution is 7.71. The molecule has 0 radical (unpaired) electrons. The fourth-order valence-corrected chi connectivity index (χ4v) is 4.77. The Kier molecular flexibility index (Phi) is 5.93. The summed E-state index contributed by atoms with van der Waals surface area (Å²) in [4.78, 5) is 3.99. The first kappa shape index (κ1) is 18.7. The number of aryl methyl sites for hydroxylation is 1. The van der Waals surface area contributed by atoms with Crippen LogP contribution in [-0.4, -0.2) is 34.5 Å². The van der Waals surface area contributed by atoms with Crippen molar-refractivity contribution in [1.29, 1.82) is 0 Å². The number of nitrogens with one attached hydrogen (secondary N) is 1. The zero-order valence-corrected chi connectivity index (χ0v) is 17.3. The summed E-state index contributed by atoms with van der Waals surface area (Å²) in [6.45, 7) is 5.23. The minimum atomic E-state index is 0.827. The Hall–Kier alpha value is -1.66. The number of benzene rings is 1. The van der Waals surface area contributed by atoms with E-state index in [-0.39, 0.29) is 0 Å². The minimum Gasteiger partial charge on any atom is -0.371 e. The number of piperidine rings is 1. The summed E-state index contributed by atoms with van der Waals surface area (Å²) in [6, 6.07) is 8.92. The maximum atomic E-state index is 5.73. The summed E-state index contributed by atoms with van der Waals surface area (Å²) in [5, 5.41) is 4.85. The molecule has 3 heterocycles. The molecule has 2 aliphatic rings. The molecule has 0 bridgehead atoms. The van der Waals surface area contributed by atoms with Crippen molar-refractivity contribution in [2.75, 3.05) is 25.0 Å². The van der Waals surface area contributed by atoms with E-state index in [2.05, 4.69) is 45.5 Å². The fourth-order valence-electron chi connectivity index (χ4n) is 4.47. The van der Waals surface area contributed by atoms with Crippen LogP contribution >= 0.6 is 12.2 Å². The summed E-state index contributed by atoms with van der Waals surface area (Å²) in [6.07, 6.45) is 8.80. The molecule has 6 heteroatoms. The van der Waals surface area contributed by atoms with Crippen LogP contribution < -0.4 is 9.80 Å². The highest BCUT2D eigenvalue weighted by Crippen LogP contribution is 2.23. The van der Waals surface area contributed by atoms with E-state index in [9.17, 15) is 0 Å². The van der Waals surface area contributed by atoms with Crippen molar-refractivity contribution in [3.8, 4) is 0 Å². The Morgan fingerprint density at radius 1 is 1.00 bits per heavy atom. The highest BCUT2D eigenvalue weighted by atomic mass is 32.1. The summed E-state index contributed by atoms with van der Waals surface area (Å²) in [7, 11) is 2.25. The van der Waals surface area contributed by atoms with E-state index in [1.54, 1.807) is 0 Å². The van der Waals surface area contributed by atoms with Crippen molar-refractivity contribution in [2.45, 2.75) is 64.7 Å². The van der Waals surface area contributed by atoms with Crippen LogP contribution in [0.25, 0.3) is 0 Å². The molecule has 1 saturated heterocycles. The standard InChI is InChI=1S/C21H31N5S/c1-23(17-26-21(27)25-15-9-2-4-12-20(25)22-26)16-18-10-5-6-11-19(18)24-13-7-3-8-14-24/h5-6,10-11H,2-4,7-9,12-17H2,1H3/p+1. The lowest BCUT2D eigenvalue weighted by Gasteiger charge is -2.31. The van der Waals surface area contributed by atoms with Gasteiger partial charge in [-0.3, -0.25) is 0 Å². The molecule has 1 aromatic heterocycles. The zero-order chi connectivity index (χ0) is 18.6. The van der Waals surface area contributed by atoms with Gasteiger partial charge in [-0.25, -0.2) is 0 Å². The van der Waals surface area contributed by atoms with Crippen molar-refractivity contribution in [3.63, 3.8) is 0 Å². The van der Waals surface area contributed by atoms with Gasteiger partial charge in [0.25, 0.3) is 0 Å². The molecule has 0 saturated carbocycles. The van der Waals surface area contributed by atoms with Crippen molar-refractivity contribution in [2.24, 2.45) is 0 Å². The fraction of sp³-hybridized carbons (Fsp3) is 0.619. The summed E-state index contributed by atoms with van der Waals surface area (Å²) >= 11 is 5.73. The quantitative estimate of drug-likeness (QED) is 0.802. The first-order valence-electron chi connectivity index (χ1n) is 10.5. The molecule has 146 valence electrons. The number of quaternary nitrogens is 1. The SMILES string of the molecule is C[NH+](Cc1ccccc1N1CCCCC1)Cn1nc2n(c1=S)CCCCC2. The van der Waals surface area contributed by atoms with E-state index < -0.39 is 0 Å². The van der Waals surface area contributed by atoms with Crippen LogP contribution in [0.5, 0.6) is 0 Å². The lowest BCUT2D eigenvalue weighted by molar-refractivity contribution is -0.917. The summed E-state index contributed by atoms with van der Waals surface area (Å²) in [5.74, 6) is 1.18. The average Bonchev–Trinajstić information content (AvgIpc) is 2.86. The third kappa shape index (κ3) is 4.27. The van der Waals surface area contributed by atoms with Crippen LogP contribution in [0.15, 0.2) is 24.3 Å². The predicted octanol–water partition coefficient (Wildman–Crippen LogP) is 2.80. The lowest BCUT2D eigenvalue weighted by atomic mass is 10.1. The molecular weight excluding hydrogens is 354 g/mol. The second-order valence-corrected chi connectivity index (χ2v) is 8.49. The largest absolute Gasteiger partial charge is 0.371 e. The van der Waals surface area contributed by atoms with Crippen LogP contribution in [0.2, 0.25) is 0 Å². The van der Waals surface area contributed by atoms with Gasteiger partial charge in [0.05, 0.1) is 7.05 Å². The van der Waals surface area contributed by atoms with Gasteiger partial charge >= 0.3 is 0 Å². The van der Waals surface area contributed by atoms with Crippen LogP contribution in [-0.2, 0) is 26.2 Å². The minimum absolute atomic E-state index is 0.827. The first-order chi connectivity index (χ1) is 13.2. The van der Waals surface area contributed by atoms with Crippen molar-refractivity contribution in [1.82, 2.24) is 14.3 Å². The van der Waals surface area contributed by atoms with E-state index in [4.69, 9.17) is 17.3 Å². The molecule has 27 heavy (non-hydrogen) atoms. The smallest absolute Gasteiger partial charge is 0.202 e. The van der Waals surface area contributed by atoms with Crippen LogP contribution in [0.3, 0.4) is 0 Å².